The smallest absolute Gasteiger partial charge is 0.251 e. The summed E-state index contributed by atoms with van der Waals surface area (Å²) in [4.78, 5) is 24.8. The highest BCUT2D eigenvalue weighted by Crippen LogP contribution is 2.03. The van der Waals surface area contributed by atoms with Crippen LogP contribution in [0.3, 0.4) is 0 Å². The summed E-state index contributed by atoms with van der Waals surface area (Å²) in [7, 11) is 0. The van der Waals surface area contributed by atoms with Crippen LogP contribution >= 0.6 is 0 Å². The highest BCUT2D eigenvalue weighted by atomic mass is 16.5. The Morgan fingerprint density at radius 2 is 2.22 bits per heavy atom. The predicted molar refractivity (Wildman–Crippen MR) is 66.8 cm³/mol. The molecule has 0 aromatic carbocycles. The maximum absolute atomic E-state index is 11.6. The first-order valence-corrected chi connectivity index (χ1v) is 5.82. The van der Waals surface area contributed by atoms with Gasteiger partial charge in [0.2, 0.25) is 0 Å². The van der Waals surface area contributed by atoms with Crippen molar-refractivity contribution in [3.05, 3.63) is 28.0 Å². The summed E-state index contributed by atoms with van der Waals surface area (Å²) in [6.07, 6.45) is 0.865. The third kappa shape index (κ3) is 5.01. The van der Waals surface area contributed by atoms with Crippen LogP contribution in [0.5, 0.6) is 5.88 Å². The molecule has 0 saturated carbocycles. The molecule has 1 heterocycles. The van der Waals surface area contributed by atoms with Crippen LogP contribution in [0.15, 0.2) is 16.9 Å². The van der Waals surface area contributed by atoms with Crippen LogP contribution < -0.4 is 10.9 Å². The van der Waals surface area contributed by atoms with E-state index >= 15 is 0 Å². The number of hydrogen-bond donors (Lipinski definition) is 3. The van der Waals surface area contributed by atoms with Crippen LogP contribution in [0.4, 0.5) is 0 Å². The van der Waals surface area contributed by atoms with E-state index in [9.17, 15) is 9.59 Å². The number of carbonyl (C=O) groups is 1. The second-order valence-corrected chi connectivity index (χ2v) is 4.15. The van der Waals surface area contributed by atoms with E-state index in [0.717, 1.165) is 6.07 Å². The molecule has 6 heteroatoms. The van der Waals surface area contributed by atoms with Gasteiger partial charge in [0, 0.05) is 25.3 Å². The van der Waals surface area contributed by atoms with Crippen molar-refractivity contribution in [1.29, 1.82) is 0 Å². The first-order valence-electron chi connectivity index (χ1n) is 5.82. The number of nitrogens with one attached hydrogen (secondary N) is 2. The van der Waals surface area contributed by atoms with Crippen molar-refractivity contribution >= 4 is 5.91 Å². The van der Waals surface area contributed by atoms with Gasteiger partial charge < -0.3 is 15.2 Å². The molecule has 100 valence electrons. The molecule has 0 aliphatic rings. The lowest BCUT2D eigenvalue weighted by Crippen LogP contribution is -2.26. The van der Waals surface area contributed by atoms with E-state index in [4.69, 9.17) is 9.84 Å². The van der Waals surface area contributed by atoms with Crippen LogP contribution in [0.25, 0.3) is 0 Å². The highest BCUT2D eigenvalue weighted by Gasteiger charge is 2.07. The van der Waals surface area contributed by atoms with E-state index in [-0.39, 0.29) is 23.5 Å². The molecule has 0 spiro atoms. The topological polar surface area (TPSA) is 91.4 Å². The van der Waals surface area contributed by atoms with E-state index in [1.807, 2.05) is 13.8 Å². The Morgan fingerprint density at radius 3 is 2.83 bits per heavy atom. The summed E-state index contributed by atoms with van der Waals surface area (Å²) in [5.41, 5.74) is -0.371. The fraction of sp³-hybridized carbons (Fsp3) is 0.500. The molecule has 0 unspecified atom stereocenters. The minimum absolute atomic E-state index is 0.140. The van der Waals surface area contributed by atoms with Gasteiger partial charge in [0.25, 0.3) is 11.5 Å². The number of amides is 1. The Labute approximate surface area is 105 Å². The van der Waals surface area contributed by atoms with Gasteiger partial charge in [0.05, 0.1) is 11.7 Å². The summed E-state index contributed by atoms with van der Waals surface area (Å²) in [5.74, 6) is -0.711. The fourth-order valence-corrected chi connectivity index (χ4v) is 1.35. The van der Waals surface area contributed by atoms with Gasteiger partial charge in [-0.25, -0.2) is 0 Å². The zero-order chi connectivity index (χ0) is 13.5. The molecule has 1 amide bonds. The lowest BCUT2D eigenvalue weighted by atomic mass is 10.2. The van der Waals surface area contributed by atoms with Gasteiger partial charge in [-0.05, 0) is 20.3 Å². The molecule has 18 heavy (non-hydrogen) atoms. The van der Waals surface area contributed by atoms with Gasteiger partial charge in [0.15, 0.2) is 5.88 Å². The van der Waals surface area contributed by atoms with Crippen LogP contribution in [-0.4, -0.2) is 35.3 Å². The maximum atomic E-state index is 11.6. The van der Waals surface area contributed by atoms with Crippen LogP contribution in [0.2, 0.25) is 0 Å². The Bertz CT molecular complexity index is 454. The number of rotatable bonds is 6. The molecule has 0 saturated heterocycles. The Balaban J connectivity index is 2.39. The van der Waals surface area contributed by atoms with Crippen molar-refractivity contribution in [3.63, 3.8) is 0 Å². The minimum Gasteiger partial charge on any atom is -0.494 e. The molecular formula is C12H18N2O4. The number of aromatic hydroxyl groups is 1. The number of ether oxygens (including phenoxy) is 1. The molecule has 0 fully saturated rings. The van der Waals surface area contributed by atoms with Crippen molar-refractivity contribution in [2.24, 2.45) is 0 Å². The van der Waals surface area contributed by atoms with E-state index in [0.29, 0.717) is 19.6 Å². The van der Waals surface area contributed by atoms with Gasteiger partial charge in [-0.15, -0.1) is 0 Å². The van der Waals surface area contributed by atoms with E-state index < -0.39 is 5.56 Å². The summed E-state index contributed by atoms with van der Waals surface area (Å²) in [5, 5.41) is 11.8. The summed E-state index contributed by atoms with van der Waals surface area (Å²) in [6.45, 7) is 4.91. The summed E-state index contributed by atoms with van der Waals surface area (Å²) < 4.78 is 5.32. The second-order valence-electron chi connectivity index (χ2n) is 4.15. The van der Waals surface area contributed by atoms with E-state index in [1.54, 1.807) is 0 Å². The lowest BCUT2D eigenvalue weighted by Gasteiger charge is -2.08. The van der Waals surface area contributed by atoms with Gasteiger partial charge in [-0.2, -0.15) is 0 Å². The van der Waals surface area contributed by atoms with Crippen molar-refractivity contribution in [3.8, 4) is 5.88 Å². The molecule has 0 atom stereocenters. The predicted octanol–water partition coefficient (Wildman–Crippen LogP) is 0.625. The average molecular weight is 254 g/mol. The van der Waals surface area contributed by atoms with E-state index in [2.05, 4.69) is 10.3 Å². The minimum atomic E-state index is -0.511. The molecule has 0 bridgehead atoms. The van der Waals surface area contributed by atoms with E-state index in [1.165, 1.54) is 6.07 Å². The van der Waals surface area contributed by atoms with Crippen molar-refractivity contribution < 1.29 is 14.6 Å². The van der Waals surface area contributed by atoms with Crippen molar-refractivity contribution in [2.45, 2.75) is 26.4 Å². The normalized spacial score (nSPS) is 10.6. The number of aromatic nitrogens is 1. The molecule has 0 aliphatic carbocycles. The molecular weight excluding hydrogens is 236 g/mol. The third-order valence-electron chi connectivity index (χ3n) is 2.15. The zero-order valence-corrected chi connectivity index (χ0v) is 10.5. The summed E-state index contributed by atoms with van der Waals surface area (Å²) >= 11 is 0. The number of aromatic amines is 1. The average Bonchev–Trinajstić information content (AvgIpc) is 2.26. The van der Waals surface area contributed by atoms with Crippen LogP contribution in [-0.2, 0) is 4.74 Å². The lowest BCUT2D eigenvalue weighted by molar-refractivity contribution is 0.0757. The van der Waals surface area contributed by atoms with Crippen molar-refractivity contribution in [2.75, 3.05) is 13.2 Å². The molecule has 3 N–H and O–H groups in total. The number of H-pyrrole nitrogens is 1. The van der Waals surface area contributed by atoms with Crippen LogP contribution in [0, 0.1) is 0 Å². The number of hydrogen-bond acceptors (Lipinski definition) is 4. The van der Waals surface area contributed by atoms with Gasteiger partial charge in [-0.3, -0.25) is 14.6 Å². The Morgan fingerprint density at radius 1 is 1.50 bits per heavy atom. The molecule has 1 aromatic rings. The Kier molecular flexibility index (Phi) is 5.38. The maximum Gasteiger partial charge on any atom is 0.251 e. The molecule has 1 rings (SSSR count). The quantitative estimate of drug-likeness (QED) is 0.649. The van der Waals surface area contributed by atoms with Gasteiger partial charge in [0.1, 0.15) is 0 Å². The molecule has 1 aromatic heterocycles. The first kappa shape index (κ1) is 14.2. The standard InChI is InChI=1S/C12H18N2O4/c1-8(2)18-5-3-4-13-12(17)9-6-10(15)14-11(16)7-9/h6-8H,3-5H2,1-2H3,(H,13,17)(H2,14,15,16). The highest BCUT2D eigenvalue weighted by molar-refractivity contribution is 5.94. The zero-order valence-electron chi connectivity index (χ0n) is 10.5. The Hall–Kier alpha value is -1.82. The largest absolute Gasteiger partial charge is 0.494 e. The number of carbonyl (C=O) groups excluding carboxylic acids is 1. The van der Waals surface area contributed by atoms with Gasteiger partial charge >= 0.3 is 0 Å². The van der Waals surface area contributed by atoms with Gasteiger partial charge in [-0.1, -0.05) is 0 Å². The second kappa shape index (κ2) is 6.80. The molecule has 0 aliphatic heterocycles. The molecule has 6 nitrogen and oxygen atoms in total. The monoisotopic (exact) mass is 254 g/mol. The molecule has 0 radical (unpaired) electrons. The van der Waals surface area contributed by atoms with Crippen molar-refractivity contribution in [1.82, 2.24) is 10.3 Å². The number of pyridine rings is 1. The fourth-order valence-electron chi connectivity index (χ4n) is 1.35. The third-order valence-corrected chi connectivity index (χ3v) is 2.15. The van der Waals surface area contributed by atoms with Crippen LogP contribution in [0.1, 0.15) is 30.6 Å². The first-order chi connectivity index (χ1) is 8.49. The summed E-state index contributed by atoms with van der Waals surface area (Å²) in [6, 6.07) is 2.35. The SMILES string of the molecule is CC(C)OCCCNC(=O)c1cc(O)[nH]c(=O)c1.